The summed E-state index contributed by atoms with van der Waals surface area (Å²) in [6.07, 6.45) is 0.932. The number of aryl methyl sites for hydroxylation is 1. The van der Waals surface area contributed by atoms with Gasteiger partial charge in [-0.15, -0.1) is 11.3 Å². The first-order valence-electron chi connectivity index (χ1n) is 6.65. The summed E-state index contributed by atoms with van der Waals surface area (Å²) in [6, 6.07) is 0. The fourth-order valence-corrected chi connectivity index (χ4v) is 5.75. The van der Waals surface area contributed by atoms with Crippen LogP contribution in [0.5, 0.6) is 0 Å². The van der Waals surface area contributed by atoms with Gasteiger partial charge in [0.25, 0.3) is 0 Å². The van der Waals surface area contributed by atoms with Gasteiger partial charge >= 0.3 is 0 Å². The number of piperidine rings is 1. The van der Waals surface area contributed by atoms with Crippen molar-refractivity contribution in [1.29, 1.82) is 0 Å². The molecule has 0 spiro atoms. The Labute approximate surface area is 119 Å². The van der Waals surface area contributed by atoms with Crippen LogP contribution in [0.15, 0.2) is 10.3 Å². The molecule has 1 aromatic rings. The SMILES string of the molecule is Cc1csc(CN)c1S(=O)(=O)N1CCC(C)C(C)C1. The maximum Gasteiger partial charge on any atom is 0.244 e. The zero-order valence-corrected chi connectivity index (χ0v) is 13.4. The molecule has 0 amide bonds. The van der Waals surface area contributed by atoms with Gasteiger partial charge in [0.1, 0.15) is 4.90 Å². The second-order valence-corrected chi connectivity index (χ2v) is 8.32. The lowest BCUT2D eigenvalue weighted by Gasteiger charge is -2.34. The first-order valence-corrected chi connectivity index (χ1v) is 8.97. The van der Waals surface area contributed by atoms with E-state index in [2.05, 4.69) is 13.8 Å². The summed E-state index contributed by atoms with van der Waals surface area (Å²) in [5.74, 6) is 0.993. The lowest BCUT2D eigenvalue weighted by atomic mass is 9.90. The van der Waals surface area contributed by atoms with E-state index in [-0.39, 0.29) is 6.54 Å². The molecular weight excluding hydrogens is 280 g/mol. The molecular formula is C13H22N2O2S2. The van der Waals surface area contributed by atoms with Crippen LogP contribution in [0.1, 0.15) is 30.7 Å². The Bertz CT molecular complexity index is 551. The van der Waals surface area contributed by atoms with E-state index in [1.165, 1.54) is 11.3 Å². The quantitative estimate of drug-likeness (QED) is 0.931. The van der Waals surface area contributed by atoms with Gasteiger partial charge in [0.15, 0.2) is 0 Å². The number of hydrogen-bond donors (Lipinski definition) is 1. The smallest absolute Gasteiger partial charge is 0.244 e. The van der Waals surface area contributed by atoms with Gasteiger partial charge in [-0.2, -0.15) is 4.31 Å². The van der Waals surface area contributed by atoms with Crippen molar-refractivity contribution in [2.24, 2.45) is 17.6 Å². The van der Waals surface area contributed by atoms with Gasteiger partial charge in [0.05, 0.1) is 0 Å². The summed E-state index contributed by atoms with van der Waals surface area (Å²) in [5.41, 5.74) is 6.48. The summed E-state index contributed by atoms with van der Waals surface area (Å²) in [4.78, 5) is 1.21. The van der Waals surface area contributed by atoms with Crippen molar-refractivity contribution in [3.63, 3.8) is 0 Å². The third-order valence-corrected chi connectivity index (χ3v) is 7.42. The van der Waals surface area contributed by atoms with Gasteiger partial charge in [-0.1, -0.05) is 13.8 Å². The first kappa shape index (κ1) is 15.0. The molecule has 2 heterocycles. The average Bonchev–Trinajstić information content (AvgIpc) is 2.74. The minimum absolute atomic E-state index is 0.285. The van der Waals surface area contributed by atoms with Crippen molar-refractivity contribution in [3.05, 3.63) is 15.8 Å². The van der Waals surface area contributed by atoms with Crippen LogP contribution in [0.3, 0.4) is 0 Å². The number of nitrogens with two attached hydrogens (primary N) is 1. The summed E-state index contributed by atoms with van der Waals surface area (Å²) in [5, 5.41) is 1.88. The van der Waals surface area contributed by atoms with Crippen LogP contribution in [0.4, 0.5) is 0 Å². The molecule has 4 nitrogen and oxygen atoms in total. The third-order valence-electron chi connectivity index (χ3n) is 4.07. The molecule has 0 aromatic carbocycles. The van der Waals surface area contributed by atoms with Gasteiger partial charge in [-0.05, 0) is 36.1 Å². The molecule has 6 heteroatoms. The molecule has 2 N–H and O–H groups in total. The number of hydrogen-bond acceptors (Lipinski definition) is 4. The zero-order chi connectivity index (χ0) is 14.2. The Morgan fingerprint density at radius 3 is 2.68 bits per heavy atom. The highest BCUT2D eigenvalue weighted by Gasteiger charge is 2.34. The molecule has 1 fully saturated rings. The molecule has 0 radical (unpaired) electrons. The standard InChI is InChI=1S/C13H22N2O2S2/c1-9-4-5-15(7-10(9)2)19(16,17)13-11(3)8-18-12(13)6-14/h8-10H,4-7,14H2,1-3H3. The van der Waals surface area contributed by atoms with Gasteiger partial charge in [-0.25, -0.2) is 8.42 Å². The summed E-state index contributed by atoms with van der Waals surface area (Å²) < 4.78 is 27.2. The van der Waals surface area contributed by atoms with Crippen LogP contribution in [0.2, 0.25) is 0 Å². The predicted molar refractivity (Wildman–Crippen MR) is 78.7 cm³/mol. The number of rotatable bonds is 3. The van der Waals surface area contributed by atoms with Gasteiger partial charge in [0, 0.05) is 24.5 Å². The van der Waals surface area contributed by atoms with E-state index in [1.807, 2.05) is 12.3 Å². The molecule has 1 aliphatic rings. The van der Waals surface area contributed by atoms with Crippen LogP contribution in [0.25, 0.3) is 0 Å². The van der Waals surface area contributed by atoms with E-state index in [9.17, 15) is 8.42 Å². The zero-order valence-electron chi connectivity index (χ0n) is 11.7. The largest absolute Gasteiger partial charge is 0.326 e. The van der Waals surface area contributed by atoms with Crippen LogP contribution in [-0.2, 0) is 16.6 Å². The number of nitrogens with zero attached hydrogens (tertiary/aromatic N) is 1. The molecule has 0 saturated carbocycles. The van der Waals surface area contributed by atoms with Crippen molar-refractivity contribution in [3.8, 4) is 0 Å². The van der Waals surface area contributed by atoms with Gasteiger partial charge in [0.2, 0.25) is 10.0 Å². The van der Waals surface area contributed by atoms with Crippen LogP contribution >= 0.6 is 11.3 Å². The minimum Gasteiger partial charge on any atom is -0.326 e. The van der Waals surface area contributed by atoms with Gasteiger partial charge < -0.3 is 5.73 Å². The van der Waals surface area contributed by atoms with E-state index in [1.54, 1.807) is 4.31 Å². The number of sulfonamides is 1. The Balaban J connectivity index is 2.35. The lowest BCUT2D eigenvalue weighted by Crippen LogP contribution is -2.42. The Morgan fingerprint density at radius 2 is 2.11 bits per heavy atom. The highest BCUT2D eigenvalue weighted by Crippen LogP contribution is 2.32. The number of thiophene rings is 1. The van der Waals surface area contributed by atoms with E-state index >= 15 is 0 Å². The third kappa shape index (κ3) is 2.72. The molecule has 0 bridgehead atoms. The van der Waals surface area contributed by atoms with E-state index in [0.29, 0.717) is 29.8 Å². The van der Waals surface area contributed by atoms with Crippen LogP contribution < -0.4 is 5.73 Å². The lowest BCUT2D eigenvalue weighted by molar-refractivity contribution is 0.212. The highest BCUT2D eigenvalue weighted by molar-refractivity contribution is 7.89. The predicted octanol–water partition coefficient (Wildman–Crippen LogP) is 2.18. The Kier molecular flexibility index (Phi) is 4.35. The van der Waals surface area contributed by atoms with Crippen molar-refractivity contribution in [2.45, 2.75) is 38.6 Å². The maximum absolute atomic E-state index is 12.8. The van der Waals surface area contributed by atoms with E-state index in [4.69, 9.17) is 5.73 Å². The normalized spacial score (nSPS) is 25.7. The molecule has 1 aromatic heterocycles. The van der Waals surface area contributed by atoms with E-state index < -0.39 is 10.0 Å². The molecule has 2 atom stereocenters. The maximum atomic E-state index is 12.8. The fraction of sp³-hybridized carbons (Fsp3) is 0.692. The molecule has 1 saturated heterocycles. The van der Waals surface area contributed by atoms with Crippen LogP contribution in [-0.4, -0.2) is 25.8 Å². The first-order chi connectivity index (χ1) is 8.87. The monoisotopic (exact) mass is 302 g/mol. The fourth-order valence-electron chi connectivity index (χ4n) is 2.55. The van der Waals surface area contributed by atoms with E-state index in [0.717, 1.165) is 16.9 Å². The summed E-state index contributed by atoms with van der Waals surface area (Å²) in [7, 11) is -3.38. The highest BCUT2D eigenvalue weighted by atomic mass is 32.2. The van der Waals surface area contributed by atoms with Crippen LogP contribution in [0, 0.1) is 18.8 Å². The molecule has 2 unspecified atom stereocenters. The second-order valence-electron chi connectivity index (χ2n) is 5.48. The minimum atomic E-state index is -3.38. The Hall–Kier alpha value is -0.430. The van der Waals surface area contributed by atoms with Crippen molar-refractivity contribution in [2.75, 3.05) is 13.1 Å². The van der Waals surface area contributed by atoms with Gasteiger partial charge in [-0.3, -0.25) is 0 Å². The molecule has 108 valence electrons. The molecule has 0 aliphatic carbocycles. The molecule has 2 rings (SSSR count). The Morgan fingerprint density at radius 1 is 1.42 bits per heavy atom. The molecule has 19 heavy (non-hydrogen) atoms. The molecule has 1 aliphatic heterocycles. The van der Waals surface area contributed by atoms with Crippen molar-refractivity contribution < 1.29 is 8.42 Å². The second kappa shape index (κ2) is 5.52. The average molecular weight is 302 g/mol. The van der Waals surface area contributed by atoms with Crippen molar-refractivity contribution >= 4 is 21.4 Å². The summed E-state index contributed by atoms with van der Waals surface area (Å²) >= 11 is 1.44. The topological polar surface area (TPSA) is 63.4 Å². The van der Waals surface area contributed by atoms with Crippen molar-refractivity contribution in [1.82, 2.24) is 4.31 Å². The summed E-state index contributed by atoms with van der Waals surface area (Å²) in [6.45, 7) is 7.67.